The monoisotopic (exact) mass is 312 g/mol. The third-order valence-electron chi connectivity index (χ3n) is 3.20. The summed E-state index contributed by atoms with van der Waals surface area (Å²) in [7, 11) is 0. The van der Waals surface area contributed by atoms with Crippen LogP contribution in [0.25, 0.3) is 0 Å². The van der Waals surface area contributed by atoms with Crippen molar-refractivity contribution in [2.75, 3.05) is 6.54 Å². The molecule has 0 unspecified atom stereocenters. The molecule has 1 aromatic rings. The molecular formula is C13H17BrN2O2. The number of nitro groups is 1. The van der Waals surface area contributed by atoms with Gasteiger partial charge in [-0.1, -0.05) is 18.9 Å². The van der Waals surface area contributed by atoms with Gasteiger partial charge in [-0.15, -0.1) is 0 Å². The van der Waals surface area contributed by atoms with Gasteiger partial charge in [0.2, 0.25) is 0 Å². The van der Waals surface area contributed by atoms with Crippen LogP contribution in [0.15, 0.2) is 22.7 Å². The Morgan fingerprint density at radius 1 is 1.44 bits per heavy atom. The summed E-state index contributed by atoms with van der Waals surface area (Å²) in [5, 5.41) is 14.1. The minimum absolute atomic E-state index is 0.132. The quantitative estimate of drug-likeness (QED) is 0.475. The first-order valence-electron chi connectivity index (χ1n) is 6.30. The van der Waals surface area contributed by atoms with Gasteiger partial charge in [0, 0.05) is 12.6 Å². The fourth-order valence-electron chi connectivity index (χ4n) is 1.96. The summed E-state index contributed by atoms with van der Waals surface area (Å²) in [6.45, 7) is 1.68. The van der Waals surface area contributed by atoms with Gasteiger partial charge < -0.3 is 5.32 Å². The van der Waals surface area contributed by atoms with Crippen molar-refractivity contribution >= 4 is 21.6 Å². The van der Waals surface area contributed by atoms with Crippen LogP contribution in [0.3, 0.4) is 0 Å². The second kappa shape index (κ2) is 6.29. The largest absolute Gasteiger partial charge is 0.313 e. The van der Waals surface area contributed by atoms with Crippen LogP contribution >= 0.6 is 15.9 Å². The molecule has 0 amide bonds. The highest BCUT2D eigenvalue weighted by Gasteiger charge is 2.19. The molecule has 1 saturated carbocycles. The molecule has 1 aliphatic rings. The standard InChI is InChI=1S/C13H17BrN2O2/c14-12-6-5-11(8-13(12)16(17)18)9-15-7-1-2-10-3-4-10/h5-6,8,10,15H,1-4,7,9H2. The molecule has 0 saturated heterocycles. The number of nitrogens with one attached hydrogen (secondary N) is 1. The molecule has 2 rings (SSSR count). The zero-order valence-electron chi connectivity index (χ0n) is 10.2. The smallest absolute Gasteiger partial charge is 0.283 e. The maximum Gasteiger partial charge on any atom is 0.283 e. The number of nitrogens with zero attached hydrogens (tertiary/aromatic N) is 1. The lowest BCUT2D eigenvalue weighted by atomic mass is 10.2. The molecule has 18 heavy (non-hydrogen) atoms. The van der Waals surface area contributed by atoms with Crippen LogP contribution in [-0.4, -0.2) is 11.5 Å². The van der Waals surface area contributed by atoms with E-state index in [9.17, 15) is 10.1 Å². The van der Waals surface area contributed by atoms with Crippen molar-refractivity contribution in [3.05, 3.63) is 38.3 Å². The van der Waals surface area contributed by atoms with Crippen LogP contribution in [0, 0.1) is 16.0 Å². The third kappa shape index (κ3) is 4.07. The molecule has 1 fully saturated rings. The first-order valence-corrected chi connectivity index (χ1v) is 7.09. The molecule has 0 spiro atoms. The first-order chi connectivity index (χ1) is 8.66. The van der Waals surface area contributed by atoms with Crippen molar-refractivity contribution < 1.29 is 4.92 Å². The van der Waals surface area contributed by atoms with Gasteiger partial charge in [-0.3, -0.25) is 10.1 Å². The lowest BCUT2D eigenvalue weighted by Crippen LogP contribution is -2.14. The van der Waals surface area contributed by atoms with Crippen LogP contribution in [0.1, 0.15) is 31.2 Å². The lowest BCUT2D eigenvalue weighted by Gasteiger charge is -2.05. The van der Waals surface area contributed by atoms with Crippen molar-refractivity contribution in [3.8, 4) is 0 Å². The Hall–Kier alpha value is -0.940. The van der Waals surface area contributed by atoms with E-state index in [1.54, 1.807) is 12.1 Å². The predicted octanol–water partition coefficient (Wildman–Crippen LogP) is 3.64. The first kappa shape index (κ1) is 13.5. The van der Waals surface area contributed by atoms with Crippen molar-refractivity contribution in [1.82, 2.24) is 5.32 Å². The van der Waals surface area contributed by atoms with Gasteiger partial charge in [0.25, 0.3) is 5.69 Å². The van der Waals surface area contributed by atoms with Crippen molar-refractivity contribution in [2.24, 2.45) is 5.92 Å². The van der Waals surface area contributed by atoms with Gasteiger partial charge >= 0.3 is 0 Å². The van der Waals surface area contributed by atoms with E-state index < -0.39 is 0 Å². The van der Waals surface area contributed by atoms with E-state index in [1.165, 1.54) is 25.7 Å². The fourth-order valence-corrected chi connectivity index (χ4v) is 2.35. The summed E-state index contributed by atoms with van der Waals surface area (Å²) >= 11 is 3.18. The second-order valence-electron chi connectivity index (χ2n) is 4.81. The molecular weight excluding hydrogens is 296 g/mol. The summed E-state index contributed by atoms with van der Waals surface area (Å²) in [6, 6.07) is 5.27. The SMILES string of the molecule is O=[N+]([O-])c1cc(CNCCCC2CC2)ccc1Br. The molecule has 0 aliphatic heterocycles. The van der Waals surface area contributed by atoms with Crippen LogP contribution in [0.2, 0.25) is 0 Å². The molecule has 0 bridgehead atoms. The van der Waals surface area contributed by atoms with E-state index in [0.29, 0.717) is 11.0 Å². The van der Waals surface area contributed by atoms with Crippen molar-refractivity contribution in [1.29, 1.82) is 0 Å². The van der Waals surface area contributed by atoms with E-state index in [0.717, 1.165) is 18.0 Å². The third-order valence-corrected chi connectivity index (χ3v) is 3.87. The topological polar surface area (TPSA) is 55.2 Å². The van der Waals surface area contributed by atoms with Crippen molar-refractivity contribution in [3.63, 3.8) is 0 Å². The molecule has 5 heteroatoms. The number of rotatable bonds is 7. The van der Waals surface area contributed by atoms with Crippen molar-refractivity contribution in [2.45, 2.75) is 32.2 Å². The van der Waals surface area contributed by atoms with Crippen LogP contribution in [0.5, 0.6) is 0 Å². The summed E-state index contributed by atoms with van der Waals surface area (Å²) in [5.74, 6) is 0.973. The lowest BCUT2D eigenvalue weighted by molar-refractivity contribution is -0.385. The van der Waals surface area contributed by atoms with E-state index in [2.05, 4.69) is 21.2 Å². The van der Waals surface area contributed by atoms with E-state index in [1.807, 2.05) is 6.07 Å². The Morgan fingerprint density at radius 3 is 2.89 bits per heavy atom. The van der Waals surface area contributed by atoms with Crippen LogP contribution < -0.4 is 5.32 Å². The summed E-state index contributed by atoms with van der Waals surface area (Å²) < 4.78 is 0.532. The zero-order valence-corrected chi connectivity index (χ0v) is 11.8. The number of benzene rings is 1. The van der Waals surface area contributed by atoms with Gasteiger partial charge in [-0.25, -0.2) is 0 Å². The van der Waals surface area contributed by atoms with E-state index >= 15 is 0 Å². The zero-order chi connectivity index (χ0) is 13.0. The molecule has 1 aromatic carbocycles. The number of nitro benzene ring substituents is 1. The molecule has 0 aromatic heterocycles. The fraction of sp³-hybridized carbons (Fsp3) is 0.538. The van der Waals surface area contributed by atoms with Gasteiger partial charge in [-0.05, 0) is 52.9 Å². The molecule has 1 N–H and O–H groups in total. The molecule has 4 nitrogen and oxygen atoms in total. The number of halogens is 1. The number of hydrogen-bond acceptors (Lipinski definition) is 3. The molecule has 98 valence electrons. The van der Waals surface area contributed by atoms with Gasteiger partial charge in [-0.2, -0.15) is 0 Å². The molecule has 0 heterocycles. The van der Waals surface area contributed by atoms with Crippen LogP contribution in [0.4, 0.5) is 5.69 Å². The minimum atomic E-state index is -0.360. The van der Waals surface area contributed by atoms with Gasteiger partial charge in [0.15, 0.2) is 0 Å². The maximum atomic E-state index is 10.8. The molecule has 1 aliphatic carbocycles. The van der Waals surface area contributed by atoms with Crippen LogP contribution in [-0.2, 0) is 6.54 Å². The summed E-state index contributed by atoms with van der Waals surface area (Å²) in [5.41, 5.74) is 1.09. The number of hydrogen-bond donors (Lipinski definition) is 1. The average molecular weight is 313 g/mol. The maximum absolute atomic E-state index is 10.8. The normalized spacial score (nSPS) is 14.7. The Kier molecular flexibility index (Phi) is 4.72. The Balaban J connectivity index is 1.77. The summed E-state index contributed by atoms with van der Waals surface area (Å²) in [4.78, 5) is 10.4. The van der Waals surface area contributed by atoms with E-state index in [-0.39, 0.29) is 10.6 Å². The van der Waals surface area contributed by atoms with Gasteiger partial charge in [0.05, 0.1) is 9.40 Å². The van der Waals surface area contributed by atoms with Gasteiger partial charge in [0.1, 0.15) is 0 Å². The Labute approximate surface area is 115 Å². The average Bonchev–Trinajstić information content (AvgIpc) is 3.14. The molecule has 0 atom stereocenters. The Bertz CT molecular complexity index is 433. The second-order valence-corrected chi connectivity index (χ2v) is 5.66. The minimum Gasteiger partial charge on any atom is -0.313 e. The Morgan fingerprint density at radius 2 is 2.22 bits per heavy atom. The summed E-state index contributed by atoms with van der Waals surface area (Å²) in [6.07, 6.45) is 5.31. The highest BCUT2D eigenvalue weighted by molar-refractivity contribution is 9.10. The highest BCUT2D eigenvalue weighted by Crippen LogP contribution is 2.33. The highest BCUT2D eigenvalue weighted by atomic mass is 79.9. The molecule has 0 radical (unpaired) electrons. The predicted molar refractivity (Wildman–Crippen MR) is 74.5 cm³/mol. The van der Waals surface area contributed by atoms with E-state index in [4.69, 9.17) is 0 Å².